The van der Waals surface area contributed by atoms with Gasteiger partial charge < -0.3 is 14.7 Å². The Balaban J connectivity index is 1.33. The number of nitrogens with one attached hydrogen (secondary N) is 1. The summed E-state index contributed by atoms with van der Waals surface area (Å²) in [5, 5.41) is 7.52. The maximum absolute atomic E-state index is 5.27. The lowest BCUT2D eigenvalue weighted by Crippen LogP contribution is -2.43. The summed E-state index contributed by atoms with van der Waals surface area (Å²) in [5.74, 6) is 1.39. The van der Waals surface area contributed by atoms with Gasteiger partial charge in [0.25, 0.3) is 0 Å². The average molecular weight is 326 g/mol. The lowest BCUT2D eigenvalue weighted by Gasteiger charge is -2.35. The van der Waals surface area contributed by atoms with Gasteiger partial charge in [0.05, 0.1) is 6.04 Å². The van der Waals surface area contributed by atoms with Crippen molar-refractivity contribution in [2.45, 2.75) is 58.0 Å². The maximum Gasteiger partial charge on any atom is 0.243 e. The zero-order chi connectivity index (χ0) is 16.5. The van der Waals surface area contributed by atoms with E-state index in [1.807, 2.05) is 6.92 Å². The molecule has 0 amide bonds. The van der Waals surface area contributed by atoms with Gasteiger partial charge in [0.1, 0.15) is 0 Å². The molecule has 1 saturated heterocycles. The molecule has 2 aliphatic rings. The highest BCUT2D eigenvalue weighted by molar-refractivity contribution is 5.52. The molecular formula is C19H26N4O. The highest BCUT2D eigenvalue weighted by Crippen LogP contribution is 2.28. The minimum absolute atomic E-state index is 0.114. The number of rotatable bonds is 4. The zero-order valence-electron chi connectivity index (χ0n) is 14.6. The van der Waals surface area contributed by atoms with Crippen molar-refractivity contribution in [3.05, 3.63) is 41.0 Å². The van der Waals surface area contributed by atoms with Crippen molar-refractivity contribution in [3.63, 3.8) is 0 Å². The Morgan fingerprint density at radius 3 is 2.75 bits per heavy atom. The third-order valence-corrected chi connectivity index (χ3v) is 5.34. The minimum Gasteiger partial charge on any atom is -0.371 e. The van der Waals surface area contributed by atoms with E-state index in [0.29, 0.717) is 17.8 Å². The predicted molar refractivity (Wildman–Crippen MR) is 94.3 cm³/mol. The molecule has 1 aliphatic carbocycles. The molecule has 1 aromatic heterocycles. The van der Waals surface area contributed by atoms with E-state index in [2.05, 4.69) is 45.5 Å². The van der Waals surface area contributed by atoms with E-state index >= 15 is 0 Å². The van der Waals surface area contributed by atoms with Gasteiger partial charge in [-0.25, -0.2) is 0 Å². The number of piperidine rings is 1. The molecule has 0 unspecified atom stereocenters. The summed E-state index contributed by atoms with van der Waals surface area (Å²) >= 11 is 0. The first-order valence-electron chi connectivity index (χ1n) is 9.12. The quantitative estimate of drug-likeness (QED) is 0.935. The van der Waals surface area contributed by atoms with Crippen LogP contribution in [-0.2, 0) is 12.8 Å². The second-order valence-corrected chi connectivity index (χ2v) is 7.14. The van der Waals surface area contributed by atoms with Crippen LogP contribution in [0.4, 0.5) is 5.69 Å². The van der Waals surface area contributed by atoms with Gasteiger partial charge >= 0.3 is 0 Å². The molecule has 0 radical (unpaired) electrons. The van der Waals surface area contributed by atoms with Crippen LogP contribution in [0.3, 0.4) is 0 Å². The van der Waals surface area contributed by atoms with Crippen LogP contribution >= 0.6 is 0 Å². The van der Waals surface area contributed by atoms with Crippen LogP contribution in [0.5, 0.6) is 0 Å². The van der Waals surface area contributed by atoms with Crippen molar-refractivity contribution < 1.29 is 4.52 Å². The largest absolute Gasteiger partial charge is 0.371 e. The first-order chi connectivity index (χ1) is 11.7. The third kappa shape index (κ3) is 3.18. The number of hydrogen-bond acceptors (Lipinski definition) is 5. The molecule has 0 bridgehead atoms. The van der Waals surface area contributed by atoms with Crippen molar-refractivity contribution in [2.75, 3.05) is 18.0 Å². The monoisotopic (exact) mass is 326 g/mol. The Morgan fingerprint density at radius 2 is 2.00 bits per heavy atom. The van der Waals surface area contributed by atoms with E-state index in [9.17, 15) is 0 Å². The van der Waals surface area contributed by atoms with Crippen LogP contribution < -0.4 is 10.2 Å². The van der Waals surface area contributed by atoms with Crippen molar-refractivity contribution in [1.82, 2.24) is 15.5 Å². The maximum atomic E-state index is 5.27. The van der Waals surface area contributed by atoms with Gasteiger partial charge in [-0.15, -0.1) is 0 Å². The van der Waals surface area contributed by atoms with Crippen LogP contribution in [0.15, 0.2) is 22.7 Å². The Labute approximate surface area is 143 Å². The summed E-state index contributed by atoms with van der Waals surface area (Å²) in [4.78, 5) is 6.85. The van der Waals surface area contributed by atoms with E-state index in [4.69, 9.17) is 4.52 Å². The number of aromatic nitrogens is 2. The normalized spacial score (nSPS) is 19.5. The number of benzene rings is 1. The van der Waals surface area contributed by atoms with Crippen LogP contribution in [0, 0.1) is 6.92 Å². The molecule has 1 aromatic carbocycles. The fourth-order valence-corrected chi connectivity index (χ4v) is 3.97. The van der Waals surface area contributed by atoms with Crippen molar-refractivity contribution in [1.29, 1.82) is 0 Å². The highest BCUT2D eigenvalue weighted by atomic mass is 16.5. The number of aryl methyl sites for hydroxylation is 3. The average Bonchev–Trinajstić information content (AvgIpc) is 3.23. The number of fused-ring (bicyclic) bond motifs is 1. The highest BCUT2D eigenvalue weighted by Gasteiger charge is 2.23. The zero-order valence-corrected chi connectivity index (χ0v) is 14.6. The van der Waals surface area contributed by atoms with Gasteiger partial charge in [0, 0.05) is 24.8 Å². The van der Waals surface area contributed by atoms with Crippen LogP contribution in [-0.4, -0.2) is 29.3 Å². The molecule has 1 N–H and O–H groups in total. The summed E-state index contributed by atoms with van der Waals surface area (Å²) in [6.45, 7) is 6.16. The summed E-state index contributed by atoms with van der Waals surface area (Å²) in [6, 6.07) is 7.68. The SMILES string of the molecule is Cc1noc([C@@H](C)NC2CCN(c3ccc4c(c3)CCC4)CC2)n1. The molecule has 0 saturated carbocycles. The van der Waals surface area contributed by atoms with Gasteiger partial charge in [-0.3, -0.25) is 0 Å². The molecular weight excluding hydrogens is 300 g/mol. The minimum atomic E-state index is 0.114. The number of hydrogen-bond donors (Lipinski definition) is 1. The second kappa shape index (κ2) is 6.55. The van der Waals surface area contributed by atoms with Gasteiger partial charge in [-0.2, -0.15) is 4.98 Å². The van der Waals surface area contributed by atoms with Gasteiger partial charge in [0.2, 0.25) is 5.89 Å². The van der Waals surface area contributed by atoms with E-state index in [1.165, 1.54) is 24.9 Å². The third-order valence-electron chi connectivity index (χ3n) is 5.34. The number of nitrogens with zero attached hydrogens (tertiary/aromatic N) is 3. The fourth-order valence-electron chi connectivity index (χ4n) is 3.97. The van der Waals surface area contributed by atoms with E-state index in [1.54, 1.807) is 11.1 Å². The summed E-state index contributed by atoms with van der Waals surface area (Å²) in [5.41, 5.74) is 4.52. The number of anilines is 1. The summed E-state index contributed by atoms with van der Waals surface area (Å²) in [6.07, 6.45) is 6.12. The van der Waals surface area contributed by atoms with E-state index in [0.717, 1.165) is 25.9 Å². The predicted octanol–water partition coefficient (Wildman–Crippen LogP) is 3.19. The first-order valence-corrected chi connectivity index (χ1v) is 9.12. The summed E-state index contributed by atoms with van der Waals surface area (Å²) in [7, 11) is 0. The molecule has 1 aliphatic heterocycles. The van der Waals surface area contributed by atoms with Gasteiger partial charge in [-0.1, -0.05) is 11.2 Å². The van der Waals surface area contributed by atoms with E-state index < -0.39 is 0 Å². The molecule has 4 rings (SSSR count). The Hall–Kier alpha value is -1.88. The molecule has 2 heterocycles. The summed E-state index contributed by atoms with van der Waals surface area (Å²) < 4.78 is 5.27. The van der Waals surface area contributed by atoms with Crippen molar-refractivity contribution in [3.8, 4) is 0 Å². The smallest absolute Gasteiger partial charge is 0.243 e. The Bertz CT molecular complexity index is 703. The lowest BCUT2D eigenvalue weighted by molar-refractivity contribution is 0.304. The molecule has 5 heteroatoms. The lowest BCUT2D eigenvalue weighted by atomic mass is 10.0. The topological polar surface area (TPSA) is 54.2 Å². The van der Waals surface area contributed by atoms with Crippen LogP contribution in [0.1, 0.15) is 55.1 Å². The van der Waals surface area contributed by atoms with Crippen molar-refractivity contribution in [2.24, 2.45) is 0 Å². The second-order valence-electron chi connectivity index (χ2n) is 7.14. The molecule has 5 nitrogen and oxygen atoms in total. The molecule has 1 fully saturated rings. The van der Waals surface area contributed by atoms with E-state index in [-0.39, 0.29) is 6.04 Å². The Kier molecular flexibility index (Phi) is 4.27. The molecule has 0 spiro atoms. The first kappa shape index (κ1) is 15.6. The standard InChI is InChI=1S/C19H26N4O/c1-13(19-21-14(2)22-24-19)20-17-8-10-23(11-9-17)18-7-6-15-4-3-5-16(15)12-18/h6-7,12-13,17,20H,3-5,8-11H2,1-2H3/t13-/m1/s1. The Morgan fingerprint density at radius 1 is 1.21 bits per heavy atom. The van der Waals surface area contributed by atoms with Crippen LogP contribution in [0.25, 0.3) is 0 Å². The van der Waals surface area contributed by atoms with Crippen molar-refractivity contribution >= 4 is 5.69 Å². The van der Waals surface area contributed by atoms with Gasteiger partial charge in [0.15, 0.2) is 5.82 Å². The molecule has 1 atom stereocenters. The fraction of sp³-hybridized carbons (Fsp3) is 0.579. The molecule has 128 valence electrons. The van der Waals surface area contributed by atoms with Crippen LogP contribution in [0.2, 0.25) is 0 Å². The van der Waals surface area contributed by atoms with Gasteiger partial charge in [-0.05, 0) is 69.2 Å². The molecule has 24 heavy (non-hydrogen) atoms. The molecule has 2 aromatic rings.